The van der Waals surface area contributed by atoms with E-state index in [1.54, 1.807) is 7.11 Å². The summed E-state index contributed by atoms with van der Waals surface area (Å²) in [4.78, 5) is 0. The van der Waals surface area contributed by atoms with Crippen molar-refractivity contribution in [3.05, 3.63) is 27.8 Å². The summed E-state index contributed by atoms with van der Waals surface area (Å²) in [5, 5.41) is 0.834. The van der Waals surface area contributed by atoms with Crippen LogP contribution in [-0.4, -0.2) is 7.11 Å². The lowest BCUT2D eigenvalue weighted by Gasteiger charge is -2.19. The van der Waals surface area contributed by atoms with Gasteiger partial charge in [-0.1, -0.05) is 25.4 Å². The van der Waals surface area contributed by atoms with Gasteiger partial charge in [0.15, 0.2) is 0 Å². The van der Waals surface area contributed by atoms with Crippen molar-refractivity contribution in [1.29, 1.82) is 0 Å². The van der Waals surface area contributed by atoms with E-state index < -0.39 is 0 Å². The van der Waals surface area contributed by atoms with Crippen LogP contribution in [0.25, 0.3) is 0 Å². The maximum Gasteiger partial charge on any atom is 0.122 e. The molecule has 0 fully saturated rings. The molecule has 0 aliphatic carbocycles. The van der Waals surface area contributed by atoms with Gasteiger partial charge in [-0.25, -0.2) is 0 Å². The minimum atomic E-state index is 0.331. The average molecular weight is 265 g/mol. The van der Waals surface area contributed by atoms with Crippen LogP contribution in [0.1, 0.15) is 49.3 Å². The zero-order valence-corrected chi connectivity index (χ0v) is 12.6. The summed E-state index contributed by atoms with van der Waals surface area (Å²) < 4.78 is 5.48. The fraction of sp³-hybridized carbons (Fsp3) is 0.500. The van der Waals surface area contributed by atoms with Crippen molar-refractivity contribution in [3.8, 4) is 17.6 Å². The van der Waals surface area contributed by atoms with E-state index in [0.29, 0.717) is 5.92 Å². The van der Waals surface area contributed by atoms with Crippen molar-refractivity contribution in [2.75, 3.05) is 7.11 Å². The van der Waals surface area contributed by atoms with Crippen LogP contribution in [0.3, 0.4) is 0 Å². The normalized spacial score (nSPS) is 11.7. The summed E-state index contributed by atoms with van der Waals surface area (Å²) in [6.45, 7) is 8.28. The number of ether oxygens (including phenoxy) is 1. The molecule has 0 radical (unpaired) electrons. The summed E-state index contributed by atoms with van der Waals surface area (Å²) in [5.41, 5.74) is 3.35. The van der Waals surface area contributed by atoms with Crippen LogP contribution in [0.15, 0.2) is 6.07 Å². The Morgan fingerprint density at radius 3 is 2.56 bits per heavy atom. The van der Waals surface area contributed by atoms with Crippen LogP contribution in [-0.2, 0) is 0 Å². The van der Waals surface area contributed by atoms with Crippen molar-refractivity contribution in [1.82, 2.24) is 0 Å². The first-order chi connectivity index (χ1) is 8.52. The minimum Gasteiger partial charge on any atom is -0.496 e. The van der Waals surface area contributed by atoms with Gasteiger partial charge in [-0.2, -0.15) is 0 Å². The zero-order chi connectivity index (χ0) is 13.7. The number of rotatable bonds is 3. The molecule has 1 aromatic rings. The van der Waals surface area contributed by atoms with E-state index in [1.165, 1.54) is 5.56 Å². The standard InChI is InChI=1S/C16H21ClO/c1-6-7-8-9-11(2)15-13(4)16(17)12(3)10-14(15)18-5/h10-11H,6,9H2,1-5H3. The summed E-state index contributed by atoms with van der Waals surface area (Å²) in [6, 6.07) is 2.01. The van der Waals surface area contributed by atoms with Gasteiger partial charge in [-0.3, -0.25) is 0 Å². The molecule has 0 saturated heterocycles. The zero-order valence-electron chi connectivity index (χ0n) is 11.9. The molecular weight excluding hydrogens is 244 g/mol. The molecule has 0 saturated carbocycles. The Labute approximate surface area is 115 Å². The SMILES string of the molecule is CCC#CCC(C)c1c(OC)cc(C)c(Cl)c1C. The molecule has 98 valence electrons. The second kappa shape index (κ2) is 6.71. The fourth-order valence-electron chi connectivity index (χ4n) is 2.17. The van der Waals surface area contributed by atoms with Gasteiger partial charge in [0, 0.05) is 23.4 Å². The van der Waals surface area contributed by atoms with Gasteiger partial charge in [0.2, 0.25) is 0 Å². The third kappa shape index (κ3) is 3.21. The number of hydrogen-bond donors (Lipinski definition) is 0. The number of methoxy groups -OCH3 is 1. The molecule has 1 aromatic carbocycles. The number of halogens is 1. The Morgan fingerprint density at radius 2 is 2.00 bits per heavy atom. The molecule has 0 aromatic heterocycles. The average Bonchev–Trinajstić information content (AvgIpc) is 2.35. The molecule has 0 aliphatic heterocycles. The Hall–Kier alpha value is -1.13. The van der Waals surface area contributed by atoms with Gasteiger partial charge in [-0.15, -0.1) is 11.8 Å². The van der Waals surface area contributed by atoms with E-state index in [9.17, 15) is 0 Å². The Morgan fingerprint density at radius 1 is 1.33 bits per heavy atom. The first-order valence-corrected chi connectivity index (χ1v) is 6.70. The van der Waals surface area contributed by atoms with E-state index in [1.807, 2.05) is 13.0 Å². The van der Waals surface area contributed by atoms with E-state index in [2.05, 4.69) is 32.6 Å². The number of benzene rings is 1. The first kappa shape index (κ1) is 14.9. The van der Waals surface area contributed by atoms with Gasteiger partial charge in [-0.05, 0) is 37.0 Å². The maximum absolute atomic E-state index is 6.33. The minimum absolute atomic E-state index is 0.331. The van der Waals surface area contributed by atoms with Crippen molar-refractivity contribution in [3.63, 3.8) is 0 Å². The molecule has 1 rings (SSSR count). The monoisotopic (exact) mass is 264 g/mol. The predicted molar refractivity (Wildman–Crippen MR) is 78.6 cm³/mol. The lowest BCUT2D eigenvalue weighted by Crippen LogP contribution is -2.02. The molecule has 0 aliphatic rings. The third-order valence-electron chi connectivity index (χ3n) is 3.12. The first-order valence-electron chi connectivity index (χ1n) is 6.32. The van der Waals surface area contributed by atoms with Gasteiger partial charge in [0.25, 0.3) is 0 Å². The summed E-state index contributed by atoms with van der Waals surface area (Å²) >= 11 is 6.33. The van der Waals surface area contributed by atoms with Crippen molar-refractivity contribution < 1.29 is 4.74 Å². The molecule has 1 nitrogen and oxygen atoms in total. The lowest BCUT2D eigenvalue weighted by atomic mass is 9.91. The molecule has 0 bridgehead atoms. The Bertz CT molecular complexity index is 480. The van der Waals surface area contributed by atoms with Gasteiger partial charge < -0.3 is 4.74 Å². The van der Waals surface area contributed by atoms with E-state index in [4.69, 9.17) is 16.3 Å². The molecule has 1 unspecified atom stereocenters. The fourth-order valence-corrected chi connectivity index (χ4v) is 2.33. The molecular formula is C16H21ClO. The second-order valence-corrected chi connectivity index (χ2v) is 4.94. The van der Waals surface area contributed by atoms with Gasteiger partial charge in [0.05, 0.1) is 7.11 Å². The molecule has 18 heavy (non-hydrogen) atoms. The third-order valence-corrected chi connectivity index (χ3v) is 3.70. The van der Waals surface area contributed by atoms with Crippen molar-refractivity contribution >= 4 is 11.6 Å². The van der Waals surface area contributed by atoms with Crippen LogP contribution in [0.4, 0.5) is 0 Å². The highest BCUT2D eigenvalue weighted by molar-refractivity contribution is 6.32. The van der Waals surface area contributed by atoms with Crippen LogP contribution in [0.2, 0.25) is 5.02 Å². The molecule has 0 N–H and O–H groups in total. The molecule has 0 heterocycles. The molecule has 2 heteroatoms. The predicted octanol–water partition coefficient (Wildman–Crippen LogP) is 4.87. The second-order valence-electron chi connectivity index (χ2n) is 4.56. The van der Waals surface area contributed by atoms with Gasteiger partial charge >= 0.3 is 0 Å². The Kier molecular flexibility index (Phi) is 5.56. The van der Waals surface area contributed by atoms with Crippen LogP contribution < -0.4 is 4.74 Å². The highest BCUT2D eigenvalue weighted by atomic mass is 35.5. The highest BCUT2D eigenvalue weighted by Gasteiger charge is 2.17. The van der Waals surface area contributed by atoms with E-state index >= 15 is 0 Å². The molecule has 1 atom stereocenters. The quantitative estimate of drug-likeness (QED) is 0.708. The van der Waals surface area contributed by atoms with E-state index in [-0.39, 0.29) is 0 Å². The maximum atomic E-state index is 6.33. The smallest absolute Gasteiger partial charge is 0.122 e. The lowest BCUT2D eigenvalue weighted by molar-refractivity contribution is 0.406. The summed E-state index contributed by atoms with van der Waals surface area (Å²) in [5.74, 6) is 7.55. The number of hydrogen-bond acceptors (Lipinski definition) is 1. The van der Waals surface area contributed by atoms with Crippen LogP contribution >= 0.6 is 11.6 Å². The topological polar surface area (TPSA) is 9.23 Å². The van der Waals surface area contributed by atoms with Gasteiger partial charge in [0.1, 0.15) is 5.75 Å². The number of aryl methyl sites for hydroxylation is 1. The van der Waals surface area contributed by atoms with Crippen LogP contribution in [0, 0.1) is 25.7 Å². The highest BCUT2D eigenvalue weighted by Crippen LogP contribution is 2.37. The summed E-state index contributed by atoms with van der Waals surface area (Å²) in [6.07, 6.45) is 1.74. The Balaban J connectivity index is 3.17. The largest absolute Gasteiger partial charge is 0.496 e. The van der Waals surface area contributed by atoms with E-state index in [0.717, 1.165) is 34.7 Å². The molecule has 0 amide bonds. The van der Waals surface area contributed by atoms with Crippen molar-refractivity contribution in [2.45, 2.75) is 46.5 Å². The van der Waals surface area contributed by atoms with Crippen LogP contribution in [0.5, 0.6) is 5.75 Å². The van der Waals surface area contributed by atoms with Crippen molar-refractivity contribution in [2.24, 2.45) is 0 Å². The summed E-state index contributed by atoms with van der Waals surface area (Å²) in [7, 11) is 1.70. The molecule has 0 spiro atoms.